The molecule has 5 heterocycles. The van der Waals surface area contributed by atoms with Gasteiger partial charge in [-0.25, -0.2) is 4.98 Å². The first kappa shape index (κ1) is 30.1. The number of benzene rings is 6. The molecule has 0 bridgehead atoms. The molecule has 5 nitrogen and oxygen atoms in total. The predicted octanol–water partition coefficient (Wildman–Crippen LogP) is 13.7. The van der Waals surface area contributed by atoms with E-state index < -0.39 is 25.5 Å². The minimum absolute atomic E-state index is 0.0223. The largest absolute Gasteiger partial charge is 0.298 e. The summed E-state index contributed by atoms with van der Waals surface area (Å²) in [6.07, 6.45) is -2.94. The van der Waals surface area contributed by atoms with Crippen LogP contribution in [0.25, 0.3) is 83.2 Å². The maximum Gasteiger partial charge on any atom is 0.0997 e. The van der Waals surface area contributed by atoms with Gasteiger partial charge in [-0.2, -0.15) is 0 Å². The molecule has 11 rings (SSSR count). The first-order chi connectivity index (χ1) is 34.3. The minimum atomic E-state index is -2.82. The second-order valence-corrected chi connectivity index (χ2v) is 15.2. The third-order valence-electron chi connectivity index (χ3n) is 11.3. The third kappa shape index (κ3) is 7.55. The van der Waals surface area contributed by atoms with E-state index in [-0.39, 0.29) is 22.3 Å². The lowest BCUT2D eigenvalue weighted by molar-refractivity contribution is 0.923. The number of rotatable bonds is 11. The molecule has 300 valence electrons. The van der Waals surface area contributed by atoms with Crippen molar-refractivity contribution in [2.24, 2.45) is 0 Å². The predicted molar refractivity (Wildman–Crippen MR) is 258 cm³/mol. The number of para-hydroxylation sites is 1. The standard InChI is InChI=1S/C58H43N5/c1-4-14-44(15-5-1)52-30-28-40(35-60-52)24-26-42-32-43(27-25-41-29-31-53(61-36-41)45-16-6-2-7-17-45)34-47(33-42)48-20-10-11-21-49(48)51-37-62-58-50-22-12-13-23-54(50)63-39-59-38-55(63)57(58)56(51)46-18-8-3-9-19-46/h1-23,28-39H,24-27H2/i24D2,25D2,26D2,27D2. The van der Waals surface area contributed by atoms with Crippen molar-refractivity contribution in [2.75, 3.05) is 0 Å². The molecule has 63 heavy (non-hydrogen) atoms. The molecule has 0 aliphatic heterocycles. The van der Waals surface area contributed by atoms with Crippen LogP contribution in [0.2, 0.25) is 0 Å². The van der Waals surface area contributed by atoms with E-state index in [1.807, 2.05) is 152 Å². The summed E-state index contributed by atoms with van der Waals surface area (Å²) in [6.45, 7) is 0. The lowest BCUT2D eigenvalue weighted by atomic mass is 9.86. The van der Waals surface area contributed by atoms with Crippen molar-refractivity contribution in [3.05, 3.63) is 235 Å². The van der Waals surface area contributed by atoms with Crippen LogP contribution in [0.1, 0.15) is 33.2 Å². The zero-order chi connectivity index (χ0) is 49.1. The summed E-state index contributed by atoms with van der Waals surface area (Å²) in [7, 11) is 0. The Kier molecular flexibility index (Phi) is 8.02. The van der Waals surface area contributed by atoms with E-state index in [4.69, 9.17) is 4.98 Å². The Bertz CT molecular complexity index is 3630. The molecule has 6 aromatic carbocycles. The highest BCUT2D eigenvalue weighted by molar-refractivity contribution is 6.18. The van der Waals surface area contributed by atoms with Gasteiger partial charge >= 0.3 is 0 Å². The second-order valence-electron chi connectivity index (χ2n) is 15.2. The Hall–Kier alpha value is -8.02. The molecule has 5 aromatic heterocycles. The Labute approximate surface area is 378 Å². The molecule has 11 aromatic rings. The summed E-state index contributed by atoms with van der Waals surface area (Å²) in [4.78, 5) is 18.8. The molecule has 0 fully saturated rings. The third-order valence-corrected chi connectivity index (χ3v) is 11.3. The Morgan fingerprint density at radius 3 is 1.54 bits per heavy atom. The molecule has 5 heteroatoms. The summed E-state index contributed by atoms with van der Waals surface area (Å²) in [5.74, 6) is 0. The zero-order valence-corrected chi connectivity index (χ0v) is 33.9. The number of fused-ring (bicyclic) bond motifs is 6. The normalized spacial score (nSPS) is 14.2. The van der Waals surface area contributed by atoms with Gasteiger partial charge in [-0.1, -0.05) is 164 Å². The highest BCUT2D eigenvalue weighted by Gasteiger charge is 2.21. The zero-order valence-electron chi connectivity index (χ0n) is 41.9. The van der Waals surface area contributed by atoms with Crippen molar-refractivity contribution in [3.63, 3.8) is 0 Å². The van der Waals surface area contributed by atoms with Crippen LogP contribution in [0.15, 0.2) is 213 Å². The maximum atomic E-state index is 9.71. The number of hydrogen-bond acceptors (Lipinski definition) is 4. The number of nitrogens with zero attached hydrogens (tertiary/aromatic N) is 5. The van der Waals surface area contributed by atoms with Gasteiger partial charge in [0.25, 0.3) is 0 Å². The lowest BCUT2D eigenvalue weighted by Crippen LogP contribution is -1.99. The second kappa shape index (κ2) is 16.8. The average molecular weight is 818 g/mol. The topological polar surface area (TPSA) is 56.0 Å². The minimum Gasteiger partial charge on any atom is -0.298 e. The van der Waals surface area contributed by atoms with Crippen LogP contribution in [-0.2, 0) is 25.5 Å². The van der Waals surface area contributed by atoms with Gasteiger partial charge in [0, 0.05) is 62.6 Å². The van der Waals surface area contributed by atoms with Gasteiger partial charge in [0.05, 0.1) is 40.5 Å². The molecule has 0 amide bonds. The fraction of sp³-hybridized carbons (Fsp3) is 0.0690. The summed E-state index contributed by atoms with van der Waals surface area (Å²) in [5.41, 5.74) is 9.06. The number of imidazole rings is 1. The van der Waals surface area contributed by atoms with Crippen LogP contribution in [0.4, 0.5) is 0 Å². The molecule has 0 N–H and O–H groups in total. The molecular weight excluding hydrogens is 767 g/mol. The quantitative estimate of drug-likeness (QED) is 0.122. The van der Waals surface area contributed by atoms with E-state index in [0.29, 0.717) is 28.1 Å². The van der Waals surface area contributed by atoms with Crippen molar-refractivity contribution >= 4 is 27.3 Å². The molecule has 0 aliphatic rings. The highest BCUT2D eigenvalue weighted by Crippen LogP contribution is 2.44. The van der Waals surface area contributed by atoms with E-state index in [1.165, 1.54) is 30.6 Å². The van der Waals surface area contributed by atoms with Crippen molar-refractivity contribution in [1.82, 2.24) is 24.3 Å². The van der Waals surface area contributed by atoms with Gasteiger partial charge in [-0.05, 0) is 88.2 Å². The summed E-state index contributed by atoms with van der Waals surface area (Å²) in [6, 6.07) is 55.1. The van der Waals surface area contributed by atoms with Crippen molar-refractivity contribution in [1.29, 1.82) is 0 Å². The monoisotopic (exact) mass is 817 g/mol. The van der Waals surface area contributed by atoms with Gasteiger partial charge < -0.3 is 0 Å². The van der Waals surface area contributed by atoms with Gasteiger partial charge in [0.15, 0.2) is 0 Å². The Balaban J connectivity index is 1.12. The van der Waals surface area contributed by atoms with E-state index in [2.05, 4.69) is 19.4 Å². The molecular formula is C58H43N5. The van der Waals surface area contributed by atoms with Crippen molar-refractivity contribution in [3.8, 4) is 55.9 Å². The molecule has 0 unspecified atom stereocenters. The lowest BCUT2D eigenvalue weighted by Gasteiger charge is -2.19. The molecule has 0 radical (unpaired) electrons. The van der Waals surface area contributed by atoms with Crippen molar-refractivity contribution < 1.29 is 11.0 Å². The maximum absolute atomic E-state index is 9.71. The smallest absolute Gasteiger partial charge is 0.0997 e. The molecule has 0 spiro atoms. The van der Waals surface area contributed by atoms with E-state index >= 15 is 0 Å². The van der Waals surface area contributed by atoms with E-state index in [0.717, 1.165) is 55.1 Å². The average Bonchev–Trinajstić information content (AvgIpc) is 3.92. The molecule has 0 saturated carbocycles. The Morgan fingerprint density at radius 1 is 0.397 bits per heavy atom. The van der Waals surface area contributed by atoms with Crippen LogP contribution in [-0.4, -0.2) is 24.3 Å². The SMILES string of the molecule is [2H]C([2H])(c1ccc(-c2ccccc2)nc1)C([2H])([2H])c1cc(-c2ccccc2-c2cnc3c4ccccc4n4cncc4c3c2-c2ccccc2)cc(C([2H])([2H])C([2H])([2H])c2ccc(-c3ccccc3)nc2)c1. The number of aryl methyl sites for hydroxylation is 4. The van der Waals surface area contributed by atoms with Gasteiger partial charge in [0.1, 0.15) is 0 Å². The summed E-state index contributed by atoms with van der Waals surface area (Å²) < 4.78 is 78.8. The summed E-state index contributed by atoms with van der Waals surface area (Å²) >= 11 is 0. The van der Waals surface area contributed by atoms with Crippen LogP contribution in [0.3, 0.4) is 0 Å². The van der Waals surface area contributed by atoms with Crippen LogP contribution in [0.5, 0.6) is 0 Å². The number of hydrogen-bond donors (Lipinski definition) is 0. The molecule has 0 aliphatic carbocycles. The highest BCUT2D eigenvalue weighted by atomic mass is 15.0. The van der Waals surface area contributed by atoms with E-state index in [9.17, 15) is 11.0 Å². The van der Waals surface area contributed by atoms with Crippen LogP contribution in [0, 0.1) is 0 Å². The number of aromatic nitrogens is 5. The molecule has 0 atom stereocenters. The van der Waals surface area contributed by atoms with Crippen molar-refractivity contribution in [2.45, 2.75) is 25.5 Å². The first-order valence-electron chi connectivity index (χ1n) is 24.8. The summed E-state index contributed by atoms with van der Waals surface area (Å²) in [5, 5.41) is 1.80. The first-order valence-corrected chi connectivity index (χ1v) is 20.8. The Morgan fingerprint density at radius 2 is 0.937 bits per heavy atom. The number of pyridine rings is 4. The van der Waals surface area contributed by atoms with Gasteiger partial charge in [-0.15, -0.1) is 0 Å². The van der Waals surface area contributed by atoms with Gasteiger partial charge in [0.2, 0.25) is 0 Å². The van der Waals surface area contributed by atoms with Crippen LogP contribution < -0.4 is 0 Å². The van der Waals surface area contributed by atoms with Gasteiger partial charge in [-0.3, -0.25) is 19.4 Å². The fourth-order valence-corrected chi connectivity index (χ4v) is 8.31. The van der Waals surface area contributed by atoms with E-state index in [1.54, 1.807) is 30.6 Å². The molecule has 0 saturated heterocycles. The van der Waals surface area contributed by atoms with Crippen LogP contribution >= 0.6 is 0 Å². The fourth-order valence-electron chi connectivity index (χ4n) is 8.31.